The van der Waals surface area contributed by atoms with Crippen molar-refractivity contribution < 1.29 is 13.6 Å². The maximum atomic E-state index is 11.1. The summed E-state index contributed by atoms with van der Waals surface area (Å²) in [7, 11) is -1.97. The van der Waals surface area contributed by atoms with E-state index in [2.05, 4.69) is 0 Å². The topological polar surface area (TPSA) is 35.5 Å². The molecule has 0 aromatic heterocycles. The lowest BCUT2D eigenvalue weighted by Gasteiger charge is -2.11. The summed E-state index contributed by atoms with van der Waals surface area (Å²) in [4.78, 5) is 11.1. The van der Waals surface area contributed by atoms with Crippen LogP contribution in [0, 0.1) is 0 Å². The first-order chi connectivity index (χ1) is 5.26. The minimum atomic E-state index is -1.97. The van der Waals surface area contributed by atoms with Gasteiger partial charge in [-0.2, -0.15) is 0 Å². The Morgan fingerprint density at radius 1 is 1.18 bits per heavy atom. The summed E-state index contributed by atoms with van der Waals surface area (Å²) >= 11 is 0. The maximum Gasteiger partial charge on any atom is 0.393 e. The second-order valence-electron chi connectivity index (χ2n) is 2.06. The third-order valence-corrected chi connectivity index (χ3v) is 3.45. The molecule has 0 fully saturated rings. The van der Waals surface area contributed by atoms with Crippen LogP contribution < -0.4 is 0 Å². The SMILES string of the molecule is CCO[SiH](OCC)C(=O)CC. The van der Waals surface area contributed by atoms with Crippen molar-refractivity contribution in [2.45, 2.75) is 27.2 Å². The number of carbonyl (C=O) groups excluding carboxylic acids is 1. The molecule has 0 heterocycles. The zero-order valence-electron chi connectivity index (χ0n) is 7.42. The van der Waals surface area contributed by atoms with Gasteiger partial charge in [0, 0.05) is 19.6 Å². The van der Waals surface area contributed by atoms with Crippen molar-refractivity contribution in [3.8, 4) is 0 Å². The molecule has 0 spiro atoms. The fourth-order valence-electron chi connectivity index (χ4n) is 0.703. The predicted molar refractivity (Wildman–Crippen MR) is 45.7 cm³/mol. The van der Waals surface area contributed by atoms with Crippen LogP contribution in [-0.4, -0.2) is 27.9 Å². The third kappa shape index (κ3) is 4.29. The Bertz CT molecular complexity index is 110. The number of hydrogen-bond donors (Lipinski definition) is 0. The molecule has 0 radical (unpaired) electrons. The molecule has 0 N–H and O–H groups in total. The third-order valence-electron chi connectivity index (χ3n) is 1.25. The first-order valence-electron chi connectivity index (χ1n) is 4.02. The Balaban J connectivity index is 3.76. The molecule has 4 heteroatoms. The van der Waals surface area contributed by atoms with Crippen LogP contribution in [0.1, 0.15) is 27.2 Å². The molecule has 0 aromatic carbocycles. The van der Waals surface area contributed by atoms with Gasteiger partial charge in [-0.3, -0.25) is 4.79 Å². The zero-order valence-corrected chi connectivity index (χ0v) is 8.58. The van der Waals surface area contributed by atoms with E-state index in [1.54, 1.807) is 0 Å². The van der Waals surface area contributed by atoms with Gasteiger partial charge in [0.05, 0.1) is 0 Å². The average Bonchev–Trinajstić information content (AvgIpc) is 2.03. The van der Waals surface area contributed by atoms with Gasteiger partial charge < -0.3 is 8.85 Å². The molecule has 0 atom stereocenters. The van der Waals surface area contributed by atoms with E-state index >= 15 is 0 Å². The van der Waals surface area contributed by atoms with Crippen molar-refractivity contribution in [2.75, 3.05) is 13.2 Å². The van der Waals surface area contributed by atoms with Crippen LogP contribution in [0.4, 0.5) is 0 Å². The Morgan fingerprint density at radius 3 is 1.91 bits per heavy atom. The van der Waals surface area contributed by atoms with Crippen molar-refractivity contribution in [3.63, 3.8) is 0 Å². The Hall–Kier alpha value is -0.193. The largest absolute Gasteiger partial charge is 0.393 e. The lowest BCUT2D eigenvalue weighted by Crippen LogP contribution is -2.32. The van der Waals surface area contributed by atoms with Crippen molar-refractivity contribution >= 4 is 14.7 Å². The highest BCUT2D eigenvalue weighted by Gasteiger charge is 2.20. The molecular formula is C7H16O3Si. The van der Waals surface area contributed by atoms with Crippen molar-refractivity contribution in [1.29, 1.82) is 0 Å². The van der Waals surface area contributed by atoms with Gasteiger partial charge in [0.15, 0.2) is 5.41 Å². The van der Waals surface area contributed by atoms with E-state index in [1.807, 2.05) is 20.8 Å². The summed E-state index contributed by atoms with van der Waals surface area (Å²) < 4.78 is 10.4. The highest BCUT2D eigenvalue weighted by Crippen LogP contribution is 1.94. The van der Waals surface area contributed by atoms with E-state index in [0.29, 0.717) is 19.6 Å². The van der Waals surface area contributed by atoms with E-state index in [0.717, 1.165) is 0 Å². The number of rotatable bonds is 6. The molecule has 0 saturated heterocycles. The molecule has 0 aromatic rings. The summed E-state index contributed by atoms with van der Waals surface area (Å²) in [6, 6.07) is 0. The Labute approximate surface area is 69.5 Å². The van der Waals surface area contributed by atoms with Gasteiger partial charge in [0.25, 0.3) is 0 Å². The smallest absolute Gasteiger partial charge is 0.392 e. The van der Waals surface area contributed by atoms with Gasteiger partial charge >= 0.3 is 9.28 Å². The van der Waals surface area contributed by atoms with Crippen LogP contribution in [0.2, 0.25) is 0 Å². The highest BCUT2D eigenvalue weighted by atomic mass is 28.3. The summed E-state index contributed by atoms with van der Waals surface area (Å²) in [5, 5.41) is 0.147. The van der Waals surface area contributed by atoms with Gasteiger partial charge in [-0.15, -0.1) is 0 Å². The van der Waals surface area contributed by atoms with E-state index < -0.39 is 9.28 Å². The van der Waals surface area contributed by atoms with Gasteiger partial charge in [-0.25, -0.2) is 0 Å². The van der Waals surface area contributed by atoms with Crippen LogP contribution in [0.5, 0.6) is 0 Å². The highest BCUT2D eigenvalue weighted by molar-refractivity contribution is 6.80. The molecule has 0 unspecified atom stereocenters. The normalized spacial score (nSPS) is 10.5. The predicted octanol–water partition coefficient (Wildman–Crippen LogP) is 0.798. The first kappa shape index (κ1) is 10.8. The van der Waals surface area contributed by atoms with Gasteiger partial charge in [-0.1, -0.05) is 6.92 Å². The molecular weight excluding hydrogens is 160 g/mol. The molecule has 0 aliphatic rings. The van der Waals surface area contributed by atoms with Crippen LogP contribution in [0.15, 0.2) is 0 Å². The van der Waals surface area contributed by atoms with Crippen LogP contribution in [-0.2, 0) is 13.6 Å². The van der Waals surface area contributed by atoms with Crippen molar-refractivity contribution in [2.24, 2.45) is 0 Å². The second-order valence-corrected chi connectivity index (χ2v) is 4.04. The lowest BCUT2D eigenvalue weighted by atomic mass is 10.6. The molecule has 0 aliphatic carbocycles. The number of hydrogen-bond acceptors (Lipinski definition) is 3. The van der Waals surface area contributed by atoms with E-state index in [-0.39, 0.29) is 5.41 Å². The molecule has 66 valence electrons. The fourth-order valence-corrected chi connectivity index (χ4v) is 2.11. The van der Waals surface area contributed by atoms with Crippen molar-refractivity contribution in [1.82, 2.24) is 0 Å². The minimum absolute atomic E-state index is 0.147. The number of carbonyl (C=O) groups is 1. The van der Waals surface area contributed by atoms with E-state index in [9.17, 15) is 4.79 Å². The molecule has 0 bridgehead atoms. The second kappa shape index (κ2) is 6.51. The first-order valence-corrected chi connectivity index (χ1v) is 5.54. The lowest BCUT2D eigenvalue weighted by molar-refractivity contribution is -0.114. The minimum Gasteiger partial charge on any atom is -0.392 e. The summed E-state index contributed by atoms with van der Waals surface area (Å²) in [5.74, 6) is 0. The molecule has 11 heavy (non-hydrogen) atoms. The fraction of sp³-hybridized carbons (Fsp3) is 0.857. The Kier molecular flexibility index (Phi) is 6.40. The van der Waals surface area contributed by atoms with Crippen LogP contribution >= 0.6 is 0 Å². The molecule has 0 saturated carbocycles. The summed E-state index contributed by atoms with van der Waals surface area (Å²) in [5.41, 5.74) is 0. The summed E-state index contributed by atoms with van der Waals surface area (Å²) in [6.07, 6.45) is 0.525. The molecule has 0 amide bonds. The van der Waals surface area contributed by atoms with E-state index in [4.69, 9.17) is 8.85 Å². The molecule has 3 nitrogen and oxygen atoms in total. The molecule has 0 aliphatic heterocycles. The maximum absolute atomic E-state index is 11.1. The monoisotopic (exact) mass is 176 g/mol. The Morgan fingerprint density at radius 2 is 1.64 bits per heavy atom. The zero-order chi connectivity index (χ0) is 8.69. The van der Waals surface area contributed by atoms with Crippen LogP contribution in [0.3, 0.4) is 0 Å². The van der Waals surface area contributed by atoms with Crippen molar-refractivity contribution in [3.05, 3.63) is 0 Å². The molecule has 0 rings (SSSR count). The van der Waals surface area contributed by atoms with Crippen LogP contribution in [0.25, 0.3) is 0 Å². The van der Waals surface area contributed by atoms with E-state index in [1.165, 1.54) is 0 Å². The average molecular weight is 176 g/mol. The van der Waals surface area contributed by atoms with Gasteiger partial charge in [-0.05, 0) is 13.8 Å². The van der Waals surface area contributed by atoms with Gasteiger partial charge in [0.2, 0.25) is 0 Å². The standard InChI is InChI=1S/C7H16O3Si/c1-4-7(8)11(9-5-2)10-6-3/h11H,4-6H2,1-3H3. The van der Waals surface area contributed by atoms with Gasteiger partial charge in [0.1, 0.15) is 0 Å². The summed E-state index contributed by atoms with van der Waals surface area (Å²) in [6.45, 7) is 6.73. The quantitative estimate of drug-likeness (QED) is 0.561.